The van der Waals surface area contributed by atoms with E-state index < -0.39 is 12.3 Å². The summed E-state index contributed by atoms with van der Waals surface area (Å²) in [6, 6.07) is 2.35. The molecular weight excluding hydrogens is 301 g/mol. The maximum atomic E-state index is 12.5. The number of thioether (sulfide) groups is 1. The van der Waals surface area contributed by atoms with Crippen LogP contribution in [0.1, 0.15) is 46.0 Å². The molecule has 0 bridgehead atoms. The summed E-state index contributed by atoms with van der Waals surface area (Å²) in [5.41, 5.74) is 0. The van der Waals surface area contributed by atoms with Crippen molar-refractivity contribution in [3.8, 4) is 6.07 Å². The summed E-state index contributed by atoms with van der Waals surface area (Å²) in [5, 5.41) is 9.41. The van der Waals surface area contributed by atoms with Crippen molar-refractivity contribution in [2.45, 2.75) is 50.7 Å². The van der Waals surface area contributed by atoms with Crippen molar-refractivity contribution >= 4 is 35.5 Å². The van der Waals surface area contributed by atoms with E-state index >= 15 is 0 Å². The van der Waals surface area contributed by atoms with Crippen molar-refractivity contribution in [1.82, 2.24) is 0 Å². The summed E-state index contributed by atoms with van der Waals surface area (Å²) >= 11 is 6.45. The molecule has 0 amide bonds. The van der Waals surface area contributed by atoms with Gasteiger partial charge in [-0.05, 0) is 26.7 Å². The smallest absolute Gasteiger partial charge is 0.305 e. The highest BCUT2D eigenvalue weighted by Gasteiger charge is 2.40. The molecule has 0 atom stereocenters. The van der Waals surface area contributed by atoms with Crippen LogP contribution in [0.4, 0.5) is 0 Å². The molecule has 0 unspecified atom stereocenters. The minimum absolute atomic E-state index is 0.194. The van der Waals surface area contributed by atoms with Gasteiger partial charge >= 0.3 is 7.60 Å². The topological polar surface area (TPSA) is 59.3 Å². The average molecular weight is 321 g/mol. The lowest BCUT2D eigenvalue weighted by molar-refractivity contribution is 0.233. The van der Waals surface area contributed by atoms with Crippen molar-refractivity contribution in [3.63, 3.8) is 0 Å². The summed E-state index contributed by atoms with van der Waals surface area (Å²) in [5.74, 6) is 0. The van der Waals surface area contributed by atoms with Crippen molar-refractivity contribution < 1.29 is 13.6 Å². The molecule has 1 fully saturated rings. The Kier molecular flexibility index (Phi) is 6.99. The van der Waals surface area contributed by atoms with Gasteiger partial charge in [0.25, 0.3) is 0 Å². The Hall–Kier alpha value is 0.0800. The van der Waals surface area contributed by atoms with E-state index in [-0.39, 0.29) is 17.2 Å². The van der Waals surface area contributed by atoms with Crippen LogP contribution in [0.25, 0.3) is 0 Å². The van der Waals surface area contributed by atoms with Gasteiger partial charge in [0.05, 0.1) is 19.3 Å². The molecule has 0 aromatic heterocycles. The van der Waals surface area contributed by atoms with Crippen LogP contribution in [0.2, 0.25) is 0 Å². The van der Waals surface area contributed by atoms with Crippen molar-refractivity contribution in [3.05, 3.63) is 0 Å². The fourth-order valence-electron chi connectivity index (χ4n) is 2.07. The van der Waals surface area contributed by atoms with Crippen LogP contribution in [0.15, 0.2) is 0 Å². The zero-order chi connectivity index (χ0) is 14.4. The zero-order valence-electron chi connectivity index (χ0n) is 11.4. The third-order valence-electron chi connectivity index (χ3n) is 2.97. The van der Waals surface area contributed by atoms with Gasteiger partial charge in [-0.3, -0.25) is 4.57 Å². The molecule has 0 N–H and O–H groups in total. The van der Waals surface area contributed by atoms with Crippen LogP contribution in [0.3, 0.4) is 0 Å². The highest BCUT2D eigenvalue weighted by atomic mass is 32.2. The maximum absolute atomic E-state index is 12.5. The predicted molar refractivity (Wildman–Crippen MR) is 82.5 cm³/mol. The first-order valence-electron chi connectivity index (χ1n) is 6.56. The lowest BCUT2D eigenvalue weighted by Gasteiger charge is -2.31. The van der Waals surface area contributed by atoms with Crippen LogP contribution >= 0.6 is 31.6 Å². The molecule has 1 aliphatic carbocycles. The number of thiocarbonyl (C=S) groups is 1. The normalized spacial score (nSPS) is 18.8. The Balaban J connectivity index is 2.80. The standard InChI is InChI=1S/C12H20NO3PS2/c1-3-15-17(14,16-4-2)11(18)19-12(10-13)8-6-5-7-9-12/h3-9H2,1-2H3. The summed E-state index contributed by atoms with van der Waals surface area (Å²) in [6.45, 7) is 4.05. The first-order chi connectivity index (χ1) is 9.02. The molecular formula is C12H20NO3PS2. The Morgan fingerprint density at radius 2 is 1.84 bits per heavy atom. The number of rotatable bonds is 6. The summed E-state index contributed by atoms with van der Waals surface area (Å²) < 4.78 is 22.6. The van der Waals surface area contributed by atoms with Crippen molar-refractivity contribution in [2.24, 2.45) is 0 Å². The van der Waals surface area contributed by atoms with Crippen LogP contribution < -0.4 is 0 Å². The van der Waals surface area contributed by atoms with Gasteiger partial charge in [0, 0.05) is 0 Å². The maximum Gasteiger partial charge on any atom is 0.378 e. The molecule has 19 heavy (non-hydrogen) atoms. The monoisotopic (exact) mass is 321 g/mol. The van der Waals surface area contributed by atoms with Gasteiger partial charge in [-0.2, -0.15) is 5.26 Å². The second-order valence-corrected chi connectivity index (χ2v) is 8.99. The van der Waals surface area contributed by atoms with Crippen LogP contribution in [-0.4, -0.2) is 21.9 Å². The molecule has 0 aromatic carbocycles. The zero-order valence-corrected chi connectivity index (χ0v) is 13.9. The Morgan fingerprint density at radius 3 is 2.26 bits per heavy atom. The minimum atomic E-state index is -3.39. The molecule has 0 radical (unpaired) electrons. The molecule has 1 rings (SSSR count). The van der Waals surface area contributed by atoms with Gasteiger partial charge in [0.15, 0.2) is 3.94 Å². The molecule has 0 heterocycles. The lowest BCUT2D eigenvalue weighted by Crippen LogP contribution is -2.27. The second kappa shape index (κ2) is 7.75. The molecule has 4 nitrogen and oxygen atoms in total. The van der Waals surface area contributed by atoms with E-state index in [0.717, 1.165) is 32.1 Å². The molecule has 108 valence electrons. The third-order valence-corrected chi connectivity index (χ3v) is 7.54. The second-order valence-electron chi connectivity index (χ2n) is 4.37. The average Bonchev–Trinajstić information content (AvgIpc) is 2.40. The predicted octanol–water partition coefficient (Wildman–Crippen LogP) is 4.50. The molecule has 1 saturated carbocycles. The highest BCUT2D eigenvalue weighted by Crippen LogP contribution is 2.57. The number of hydrogen-bond donors (Lipinski definition) is 0. The first kappa shape index (κ1) is 17.1. The molecule has 0 aliphatic heterocycles. The van der Waals surface area contributed by atoms with Gasteiger partial charge in [0.2, 0.25) is 0 Å². The fraction of sp³-hybridized carbons (Fsp3) is 0.833. The molecule has 7 heteroatoms. The number of hydrogen-bond acceptors (Lipinski definition) is 6. The van der Waals surface area contributed by atoms with Gasteiger partial charge in [-0.1, -0.05) is 43.2 Å². The van der Waals surface area contributed by atoms with Gasteiger partial charge in [0.1, 0.15) is 4.75 Å². The fourth-order valence-corrected chi connectivity index (χ4v) is 5.99. The summed E-state index contributed by atoms with van der Waals surface area (Å²) in [4.78, 5) is 0. The number of nitrogens with zero attached hydrogens (tertiary/aromatic N) is 1. The third kappa shape index (κ3) is 4.54. The Morgan fingerprint density at radius 1 is 1.32 bits per heavy atom. The largest absolute Gasteiger partial charge is 0.378 e. The highest BCUT2D eigenvalue weighted by molar-refractivity contribution is 8.36. The van der Waals surface area contributed by atoms with E-state index in [0.29, 0.717) is 0 Å². The van der Waals surface area contributed by atoms with E-state index in [9.17, 15) is 9.83 Å². The van der Waals surface area contributed by atoms with E-state index in [4.69, 9.17) is 21.3 Å². The van der Waals surface area contributed by atoms with Crippen LogP contribution in [-0.2, 0) is 13.6 Å². The van der Waals surface area contributed by atoms with E-state index in [1.807, 2.05) is 0 Å². The van der Waals surface area contributed by atoms with Gasteiger partial charge < -0.3 is 9.05 Å². The lowest BCUT2D eigenvalue weighted by atomic mass is 9.89. The van der Waals surface area contributed by atoms with Gasteiger partial charge in [-0.15, -0.1) is 0 Å². The molecule has 0 spiro atoms. The molecule has 0 aromatic rings. The number of nitriles is 1. The van der Waals surface area contributed by atoms with E-state index in [2.05, 4.69) is 6.07 Å². The van der Waals surface area contributed by atoms with Crippen molar-refractivity contribution in [1.29, 1.82) is 5.26 Å². The molecule has 1 aliphatic rings. The first-order valence-corrected chi connectivity index (χ1v) is 9.32. The summed E-state index contributed by atoms with van der Waals surface area (Å²) in [6.07, 6.45) is 4.73. The quantitative estimate of drug-likeness (QED) is 0.530. The molecule has 0 saturated heterocycles. The van der Waals surface area contributed by atoms with E-state index in [1.165, 1.54) is 11.8 Å². The van der Waals surface area contributed by atoms with Crippen LogP contribution in [0.5, 0.6) is 0 Å². The van der Waals surface area contributed by atoms with E-state index in [1.54, 1.807) is 13.8 Å². The van der Waals surface area contributed by atoms with Crippen molar-refractivity contribution in [2.75, 3.05) is 13.2 Å². The Bertz CT molecular complexity index is 392. The van der Waals surface area contributed by atoms with Gasteiger partial charge in [-0.25, -0.2) is 0 Å². The van der Waals surface area contributed by atoms with Crippen LogP contribution in [0, 0.1) is 11.3 Å². The Labute approximate surface area is 124 Å². The summed E-state index contributed by atoms with van der Waals surface area (Å²) in [7, 11) is -3.39. The minimum Gasteiger partial charge on any atom is -0.305 e. The SMILES string of the molecule is CCOP(=O)(OCC)C(=S)SC1(C#N)CCCCC1.